The van der Waals surface area contributed by atoms with Crippen molar-refractivity contribution in [2.24, 2.45) is 7.05 Å². The minimum atomic E-state index is -0.813. The molecule has 0 radical (unpaired) electrons. The standard InChI is InChI=1S/C20H18N4O7/c1-10-6-12(19(27)29-3)16-17(21-10)23(2)20(28)24(18(16)26)8-15(25)22-11-4-5-13-14(7-11)31-9-30-13/h4-7H,8-9H2,1-3H3,(H,22,25). The third-order valence-electron chi connectivity index (χ3n) is 4.79. The quantitative estimate of drug-likeness (QED) is 0.599. The van der Waals surface area contributed by atoms with E-state index in [9.17, 15) is 19.2 Å². The maximum atomic E-state index is 13.1. The number of carbonyl (C=O) groups is 2. The zero-order valence-electron chi connectivity index (χ0n) is 16.9. The number of methoxy groups -OCH3 is 1. The molecule has 31 heavy (non-hydrogen) atoms. The number of fused-ring (bicyclic) bond motifs is 2. The average molecular weight is 426 g/mol. The molecule has 3 aromatic rings. The molecule has 4 rings (SSSR count). The van der Waals surface area contributed by atoms with E-state index in [1.54, 1.807) is 25.1 Å². The third-order valence-corrected chi connectivity index (χ3v) is 4.79. The van der Waals surface area contributed by atoms with Crippen LogP contribution in [-0.2, 0) is 23.1 Å². The highest BCUT2D eigenvalue weighted by molar-refractivity contribution is 6.02. The largest absolute Gasteiger partial charge is 0.465 e. The fraction of sp³-hybridized carbons (Fsp3) is 0.250. The number of aryl methyl sites for hydroxylation is 2. The summed E-state index contributed by atoms with van der Waals surface area (Å²) < 4.78 is 17.1. The van der Waals surface area contributed by atoms with Crippen LogP contribution < -0.4 is 26.0 Å². The van der Waals surface area contributed by atoms with E-state index in [-0.39, 0.29) is 23.4 Å². The average Bonchev–Trinajstić information content (AvgIpc) is 3.21. The molecule has 1 aliphatic heterocycles. The van der Waals surface area contributed by atoms with Gasteiger partial charge in [0.15, 0.2) is 11.5 Å². The SMILES string of the molecule is COC(=O)c1cc(C)nc2c1c(=O)n(CC(=O)Nc1ccc3c(c1)OCO3)c(=O)n2C. The second kappa shape index (κ2) is 7.59. The lowest BCUT2D eigenvalue weighted by Crippen LogP contribution is -2.42. The van der Waals surface area contributed by atoms with Gasteiger partial charge in [-0.05, 0) is 25.1 Å². The Morgan fingerprint density at radius 3 is 2.68 bits per heavy atom. The van der Waals surface area contributed by atoms with Crippen LogP contribution in [0, 0.1) is 6.92 Å². The van der Waals surface area contributed by atoms with Crippen LogP contribution in [-0.4, -0.2) is 39.9 Å². The summed E-state index contributed by atoms with van der Waals surface area (Å²) in [5.41, 5.74) is -0.717. The van der Waals surface area contributed by atoms with Gasteiger partial charge in [-0.3, -0.25) is 18.7 Å². The number of anilines is 1. The molecule has 0 saturated carbocycles. The van der Waals surface area contributed by atoms with Crippen LogP contribution in [0.25, 0.3) is 11.0 Å². The zero-order valence-corrected chi connectivity index (χ0v) is 16.9. The van der Waals surface area contributed by atoms with Gasteiger partial charge in [-0.25, -0.2) is 14.6 Å². The van der Waals surface area contributed by atoms with Crippen LogP contribution in [0.2, 0.25) is 0 Å². The van der Waals surface area contributed by atoms with Gasteiger partial charge >= 0.3 is 11.7 Å². The lowest BCUT2D eigenvalue weighted by Gasteiger charge is -2.13. The van der Waals surface area contributed by atoms with Crippen LogP contribution in [0.3, 0.4) is 0 Å². The first-order valence-corrected chi connectivity index (χ1v) is 9.19. The van der Waals surface area contributed by atoms with Gasteiger partial charge in [0, 0.05) is 24.5 Å². The molecule has 160 valence electrons. The molecule has 0 fully saturated rings. The number of nitrogens with zero attached hydrogens (tertiary/aromatic N) is 3. The monoisotopic (exact) mass is 426 g/mol. The maximum absolute atomic E-state index is 13.1. The summed E-state index contributed by atoms with van der Waals surface area (Å²) in [4.78, 5) is 54.8. The van der Waals surface area contributed by atoms with Crippen LogP contribution >= 0.6 is 0 Å². The van der Waals surface area contributed by atoms with Crippen molar-refractivity contribution in [3.8, 4) is 11.5 Å². The Labute approximate surface area is 174 Å². The molecule has 11 heteroatoms. The minimum absolute atomic E-state index is 0.0304. The fourth-order valence-corrected chi connectivity index (χ4v) is 3.33. The molecule has 0 aliphatic carbocycles. The third kappa shape index (κ3) is 3.50. The van der Waals surface area contributed by atoms with Crippen LogP contribution in [0.5, 0.6) is 11.5 Å². The Kier molecular flexibility index (Phi) is 4.93. The second-order valence-electron chi connectivity index (χ2n) is 6.85. The van der Waals surface area contributed by atoms with Gasteiger partial charge in [-0.1, -0.05) is 0 Å². The number of pyridine rings is 1. The first kappa shape index (κ1) is 20.1. The van der Waals surface area contributed by atoms with Crippen molar-refractivity contribution in [3.05, 3.63) is 56.4 Å². The van der Waals surface area contributed by atoms with Crippen molar-refractivity contribution in [1.29, 1.82) is 0 Å². The van der Waals surface area contributed by atoms with Crippen LogP contribution in [0.4, 0.5) is 5.69 Å². The molecule has 0 unspecified atom stereocenters. The number of nitrogens with one attached hydrogen (secondary N) is 1. The predicted molar refractivity (Wildman–Crippen MR) is 109 cm³/mol. The van der Waals surface area contributed by atoms with Crippen molar-refractivity contribution in [3.63, 3.8) is 0 Å². The molecular formula is C20H18N4O7. The van der Waals surface area contributed by atoms with Gasteiger partial charge in [0.25, 0.3) is 5.56 Å². The summed E-state index contributed by atoms with van der Waals surface area (Å²) in [5, 5.41) is 2.51. The first-order valence-electron chi connectivity index (χ1n) is 9.19. The normalized spacial score (nSPS) is 12.1. The molecule has 1 amide bonds. The molecule has 1 aromatic carbocycles. The molecule has 2 aromatic heterocycles. The van der Waals surface area contributed by atoms with Gasteiger partial charge < -0.3 is 19.5 Å². The second-order valence-corrected chi connectivity index (χ2v) is 6.85. The van der Waals surface area contributed by atoms with Gasteiger partial charge in [0.05, 0.1) is 18.1 Å². The molecule has 11 nitrogen and oxygen atoms in total. The summed E-state index contributed by atoms with van der Waals surface area (Å²) in [7, 11) is 2.59. The van der Waals surface area contributed by atoms with E-state index in [2.05, 4.69) is 10.3 Å². The number of aromatic nitrogens is 3. The summed E-state index contributed by atoms with van der Waals surface area (Å²) >= 11 is 0. The Bertz CT molecular complexity index is 1360. The number of amides is 1. The Morgan fingerprint density at radius 1 is 1.19 bits per heavy atom. The van der Waals surface area contributed by atoms with E-state index in [1.165, 1.54) is 20.2 Å². The zero-order chi connectivity index (χ0) is 22.3. The predicted octanol–water partition coefficient (Wildman–Crippen LogP) is 0.558. The van der Waals surface area contributed by atoms with E-state index in [0.29, 0.717) is 22.9 Å². The molecule has 3 heterocycles. The topological polar surface area (TPSA) is 131 Å². The fourth-order valence-electron chi connectivity index (χ4n) is 3.33. The van der Waals surface area contributed by atoms with Crippen molar-refractivity contribution in [2.75, 3.05) is 19.2 Å². The highest BCUT2D eigenvalue weighted by atomic mass is 16.7. The molecule has 0 bridgehead atoms. The highest BCUT2D eigenvalue weighted by Gasteiger charge is 2.22. The van der Waals surface area contributed by atoms with Crippen molar-refractivity contribution in [2.45, 2.75) is 13.5 Å². The van der Waals surface area contributed by atoms with E-state index >= 15 is 0 Å². The summed E-state index contributed by atoms with van der Waals surface area (Å²) in [6.07, 6.45) is 0. The van der Waals surface area contributed by atoms with E-state index in [0.717, 1.165) is 9.13 Å². The van der Waals surface area contributed by atoms with Crippen molar-refractivity contribution in [1.82, 2.24) is 14.1 Å². The van der Waals surface area contributed by atoms with Crippen LogP contribution in [0.15, 0.2) is 33.9 Å². The Balaban J connectivity index is 1.74. The van der Waals surface area contributed by atoms with Crippen LogP contribution in [0.1, 0.15) is 16.1 Å². The molecule has 0 atom stereocenters. The maximum Gasteiger partial charge on any atom is 0.338 e. The highest BCUT2D eigenvalue weighted by Crippen LogP contribution is 2.34. The Hall–Kier alpha value is -4.15. The van der Waals surface area contributed by atoms with Crippen molar-refractivity contribution < 1.29 is 23.8 Å². The number of carbonyl (C=O) groups excluding carboxylic acids is 2. The molecule has 0 spiro atoms. The van der Waals surface area contributed by atoms with Gasteiger partial charge in [-0.15, -0.1) is 0 Å². The summed E-state index contributed by atoms with van der Waals surface area (Å²) in [5.74, 6) is -0.337. The summed E-state index contributed by atoms with van der Waals surface area (Å²) in [6.45, 7) is 1.15. The summed E-state index contributed by atoms with van der Waals surface area (Å²) in [6, 6.07) is 6.21. The van der Waals surface area contributed by atoms with Gasteiger partial charge in [0.2, 0.25) is 12.7 Å². The van der Waals surface area contributed by atoms with Gasteiger partial charge in [0.1, 0.15) is 12.2 Å². The smallest absolute Gasteiger partial charge is 0.338 e. The lowest BCUT2D eigenvalue weighted by molar-refractivity contribution is -0.116. The molecule has 0 saturated heterocycles. The number of hydrogen-bond donors (Lipinski definition) is 1. The minimum Gasteiger partial charge on any atom is -0.465 e. The van der Waals surface area contributed by atoms with E-state index in [4.69, 9.17) is 14.2 Å². The molecule has 1 N–H and O–H groups in total. The lowest BCUT2D eigenvalue weighted by atomic mass is 10.1. The Morgan fingerprint density at radius 2 is 1.94 bits per heavy atom. The number of rotatable bonds is 4. The van der Waals surface area contributed by atoms with Gasteiger partial charge in [-0.2, -0.15) is 0 Å². The number of benzene rings is 1. The van der Waals surface area contributed by atoms with Crippen molar-refractivity contribution >= 4 is 28.6 Å². The van der Waals surface area contributed by atoms with E-state index in [1.807, 2.05) is 0 Å². The first-order chi connectivity index (χ1) is 14.8. The van der Waals surface area contributed by atoms with E-state index < -0.39 is 29.7 Å². The molecule has 1 aliphatic rings. The molecular weight excluding hydrogens is 408 g/mol. The number of ether oxygens (including phenoxy) is 3. The number of esters is 1. The number of hydrogen-bond acceptors (Lipinski definition) is 8.